The molecule has 0 amide bonds. The summed E-state index contributed by atoms with van der Waals surface area (Å²) in [5, 5.41) is 3.33. The van der Waals surface area contributed by atoms with Gasteiger partial charge in [0, 0.05) is 35.7 Å². The third-order valence-corrected chi connectivity index (χ3v) is 4.60. The number of nitrogens with one attached hydrogen (secondary N) is 1. The normalized spacial score (nSPS) is 18.5. The summed E-state index contributed by atoms with van der Waals surface area (Å²) in [6.45, 7) is 13.8. The molecule has 1 aliphatic rings. The van der Waals surface area contributed by atoms with Crippen LogP contribution in [0.5, 0.6) is 0 Å². The van der Waals surface area contributed by atoms with E-state index in [4.69, 9.17) is 0 Å². The van der Waals surface area contributed by atoms with E-state index in [1.165, 1.54) is 0 Å². The van der Waals surface area contributed by atoms with E-state index in [9.17, 15) is 0 Å². The van der Waals surface area contributed by atoms with Gasteiger partial charge in [0.05, 0.1) is 0 Å². The summed E-state index contributed by atoms with van der Waals surface area (Å²) >= 11 is 2.04. The number of rotatable bonds is 3. The molecule has 2 heterocycles. The molecule has 0 unspecified atom stereocenters. The summed E-state index contributed by atoms with van der Waals surface area (Å²) in [7, 11) is 0. The minimum Gasteiger partial charge on any atom is -0.370 e. The number of nitrogens with zero attached hydrogens (tertiary/aromatic N) is 3. The molecule has 1 N–H and O–H groups in total. The third-order valence-electron chi connectivity index (χ3n) is 3.30. The van der Waals surface area contributed by atoms with Crippen molar-refractivity contribution >= 4 is 23.4 Å². The molecular formula is C14H24N4S. The summed E-state index contributed by atoms with van der Waals surface area (Å²) in [5.41, 5.74) is 1.16. The van der Waals surface area contributed by atoms with Crippen LogP contribution in [0.4, 0.5) is 11.6 Å². The lowest BCUT2D eigenvalue weighted by molar-refractivity contribution is 0.639. The molecule has 2 rings (SSSR count). The van der Waals surface area contributed by atoms with Crippen molar-refractivity contribution in [2.45, 2.75) is 39.4 Å². The molecule has 0 aromatic carbocycles. The zero-order chi connectivity index (χ0) is 14.0. The monoisotopic (exact) mass is 280 g/mol. The molecule has 1 aromatic rings. The minimum atomic E-state index is 0.294. The van der Waals surface area contributed by atoms with Crippen LogP contribution in [-0.4, -0.2) is 40.1 Å². The second kappa shape index (κ2) is 5.57. The lowest BCUT2D eigenvalue weighted by Gasteiger charge is -2.39. The molecule has 19 heavy (non-hydrogen) atoms. The fourth-order valence-electron chi connectivity index (χ4n) is 2.46. The first-order chi connectivity index (χ1) is 8.93. The van der Waals surface area contributed by atoms with E-state index in [0.29, 0.717) is 4.75 Å². The second-order valence-electron chi connectivity index (χ2n) is 5.63. The van der Waals surface area contributed by atoms with Crippen LogP contribution in [0.1, 0.15) is 32.2 Å². The van der Waals surface area contributed by atoms with Gasteiger partial charge in [-0.3, -0.25) is 0 Å². The molecule has 1 aliphatic heterocycles. The molecule has 5 heteroatoms. The highest BCUT2D eigenvalue weighted by Gasteiger charge is 2.29. The SMILES string of the molecule is CCNc1nc(C)nc(N2CCSC(C)(C)C2)c1C. The number of hydrogen-bond acceptors (Lipinski definition) is 5. The van der Waals surface area contributed by atoms with E-state index in [-0.39, 0.29) is 0 Å². The van der Waals surface area contributed by atoms with Gasteiger partial charge >= 0.3 is 0 Å². The molecule has 0 spiro atoms. The molecule has 4 nitrogen and oxygen atoms in total. The molecule has 1 fully saturated rings. The smallest absolute Gasteiger partial charge is 0.137 e. The topological polar surface area (TPSA) is 41.1 Å². The van der Waals surface area contributed by atoms with Gasteiger partial charge in [-0.1, -0.05) is 0 Å². The van der Waals surface area contributed by atoms with E-state index < -0.39 is 0 Å². The predicted molar refractivity (Wildman–Crippen MR) is 84.4 cm³/mol. The summed E-state index contributed by atoms with van der Waals surface area (Å²) in [6, 6.07) is 0. The molecular weight excluding hydrogens is 256 g/mol. The van der Waals surface area contributed by atoms with Crippen molar-refractivity contribution in [3.8, 4) is 0 Å². The van der Waals surface area contributed by atoms with Crippen molar-refractivity contribution < 1.29 is 0 Å². The van der Waals surface area contributed by atoms with E-state index >= 15 is 0 Å². The largest absolute Gasteiger partial charge is 0.370 e. The molecule has 1 saturated heterocycles. The maximum Gasteiger partial charge on any atom is 0.137 e. The number of anilines is 2. The number of thioether (sulfide) groups is 1. The van der Waals surface area contributed by atoms with Crippen molar-refractivity contribution in [1.82, 2.24) is 9.97 Å². The molecule has 0 aliphatic carbocycles. The van der Waals surface area contributed by atoms with Gasteiger partial charge in [-0.15, -0.1) is 0 Å². The van der Waals surface area contributed by atoms with Crippen LogP contribution in [0.3, 0.4) is 0 Å². The Morgan fingerprint density at radius 3 is 2.68 bits per heavy atom. The van der Waals surface area contributed by atoms with Gasteiger partial charge in [-0.2, -0.15) is 11.8 Å². The van der Waals surface area contributed by atoms with Gasteiger partial charge in [0.15, 0.2) is 0 Å². The Bertz CT molecular complexity index is 459. The van der Waals surface area contributed by atoms with Gasteiger partial charge in [0.2, 0.25) is 0 Å². The molecule has 1 aromatic heterocycles. The molecule has 0 saturated carbocycles. The van der Waals surface area contributed by atoms with Crippen LogP contribution < -0.4 is 10.2 Å². The predicted octanol–water partition coefficient (Wildman–Crippen LogP) is 2.86. The summed E-state index contributed by atoms with van der Waals surface area (Å²) in [5.74, 6) is 4.07. The first-order valence-electron chi connectivity index (χ1n) is 6.91. The summed E-state index contributed by atoms with van der Waals surface area (Å²) in [4.78, 5) is 11.6. The Balaban J connectivity index is 2.33. The van der Waals surface area contributed by atoms with Crippen LogP contribution in [0.15, 0.2) is 0 Å². The van der Waals surface area contributed by atoms with Crippen molar-refractivity contribution in [2.75, 3.05) is 35.6 Å². The Kier molecular flexibility index (Phi) is 4.23. The lowest BCUT2D eigenvalue weighted by atomic mass is 10.1. The maximum absolute atomic E-state index is 4.67. The van der Waals surface area contributed by atoms with Gasteiger partial charge < -0.3 is 10.2 Å². The minimum absolute atomic E-state index is 0.294. The van der Waals surface area contributed by atoms with Crippen molar-refractivity contribution in [3.05, 3.63) is 11.4 Å². The highest BCUT2D eigenvalue weighted by Crippen LogP contribution is 2.33. The average molecular weight is 280 g/mol. The summed E-state index contributed by atoms with van der Waals surface area (Å²) < 4.78 is 0.294. The third kappa shape index (κ3) is 3.32. The Morgan fingerprint density at radius 1 is 1.32 bits per heavy atom. The first kappa shape index (κ1) is 14.4. The zero-order valence-corrected chi connectivity index (χ0v) is 13.4. The van der Waals surface area contributed by atoms with Crippen molar-refractivity contribution in [3.63, 3.8) is 0 Å². The second-order valence-corrected chi connectivity index (χ2v) is 7.43. The van der Waals surface area contributed by atoms with Crippen LogP contribution in [0, 0.1) is 13.8 Å². The average Bonchev–Trinajstić information content (AvgIpc) is 2.32. The fraction of sp³-hybridized carbons (Fsp3) is 0.714. The van der Waals surface area contributed by atoms with Gasteiger partial charge in [0.1, 0.15) is 17.5 Å². The standard InChI is InChI=1S/C14H24N4S/c1-6-15-12-10(2)13(17-11(3)16-12)18-7-8-19-14(4,5)9-18/h6-9H2,1-5H3,(H,15,16,17). The maximum atomic E-state index is 4.67. The van der Waals surface area contributed by atoms with Gasteiger partial charge in [-0.05, 0) is 34.6 Å². The van der Waals surface area contributed by atoms with Crippen molar-refractivity contribution in [2.24, 2.45) is 0 Å². The highest BCUT2D eigenvalue weighted by molar-refractivity contribution is 8.00. The summed E-state index contributed by atoms with van der Waals surface area (Å²) in [6.07, 6.45) is 0. The van der Waals surface area contributed by atoms with E-state index in [0.717, 1.165) is 48.4 Å². The zero-order valence-electron chi connectivity index (χ0n) is 12.6. The molecule has 0 bridgehead atoms. The van der Waals surface area contributed by atoms with Gasteiger partial charge in [-0.25, -0.2) is 9.97 Å². The molecule has 106 valence electrons. The lowest BCUT2D eigenvalue weighted by Crippen LogP contribution is -2.44. The van der Waals surface area contributed by atoms with Gasteiger partial charge in [0.25, 0.3) is 0 Å². The van der Waals surface area contributed by atoms with Crippen LogP contribution in [0.25, 0.3) is 0 Å². The van der Waals surface area contributed by atoms with Crippen LogP contribution in [-0.2, 0) is 0 Å². The Morgan fingerprint density at radius 2 is 2.05 bits per heavy atom. The van der Waals surface area contributed by atoms with Crippen molar-refractivity contribution in [1.29, 1.82) is 0 Å². The fourth-order valence-corrected chi connectivity index (χ4v) is 3.57. The number of hydrogen-bond donors (Lipinski definition) is 1. The molecule has 0 atom stereocenters. The first-order valence-corrected chi connectivity index (χ1v) is 7.89. The van der Waals surface area contributed by atoms with E-state index in [1.54, 1.807) is 0 Å². The Hall–Kier alpha value is -0.970. The van der Waals surface area contributed by atoms with E-state index in [1.807, 2.05) is 18.7 Å². The Labute approximate surface area is 120 Å². The highest BCUT2D eigenvalue weighted by atomic mass is 32.2. The number of aromatic nitrogens is 2. The quantitative estimate of drug-likeness (QED) is 0.922. The number of aryl methyl sites for hydroxylation is 1. The van der Waals surface area contributed by atoms with E-state index in [2.05, 4.69) is 47.9 Å². The molecule has 0 radical (unpaired) electrons. The van der Waals surface area contributed by atoms with Crippen LogP contribution in [0.2, 0.25) is 0 Å². The van der Waals surface area contributed by atoms with Crippen LogP contribution >= 0.6 is 11.8 Å².